The molecular formula is C24H24Cl2F3NO4. The summed E-state index contributed by atoms with van der Waals surface area (Å²) < 4.78 is 49.5. The molecule has 1 aliphatic carbocycles. The van der Waals surface area contributed by atoms with Gasteiger partial charge in [-0.25, -0.2) is 0 Å². The Hall–Kier alpha value is -2.45. The van der Waals surface area contributed by atoms with E-state index in [4.69, 9.17) is 32.7 Å². The number of Topliss-reactive ketones (excluding diaryl/α,β-unsaturated/α-hetero) is 1. The Balaban J connectivity index is 1.35. The van der Waals surface area contributed by atoms with Crippen molar-refractivity contribution in [3.05, 3.63) is 58.1 Å². The molecule has 0 atom stereocenters. The molecule has 0 aromatic heterocycles. The number of benzene rings is 2. The Bertz CT molecular complexity index is 991. The van der Waals surface area contributed by atoms with Crippen LogP contribution in [-0.2, 0) is 15.8 Å². The standard InChI is InChI=1S/C24H24Cl2F3NO4/c25-16-3-7-19(8-4-16)33-13-18(31)11-15-1-5-17(6-2-15)30-23(32)14-34-20-9-10-22(26)21(12-20)24(27,28)29/h3-4,7-10,12,15,17H,1-2,5-6,11,13-14H2,(H,30,32). The van der Waals surface area contributed by atoms with Crippen LogP contribution in [-0.4, -0.2) is 30.9 Å². The monoisotopic (exact) mass is 517 g/mol. The third kappa shape index (κ3) is 8.09. The molecule has 3 rings (SSSR count). The van der Waals surface area contributed by atoms with E-state index < -0.39 is 29.3 Å². The molecule has 0 unspecified atom stereocenters. The molecule has 0 radical (unpaired) electrons. The normalized spacial score (nSPS) is 18.3. The molecule has 2 aromatic rings. The van der Waals surface area contributed by atoms with Crippen molar-refractivity contribution in [2.45, 2.75) is 44.3 Å². The molecule has 1 amide bonds. The van der Waals surface area contributed by atoms with Gasteiger partial charge in [0.15, 0.2) is 12.4 Å². The second-order valence-electron chi connectivity index (χ2n) is 8.20. The summed E-state index contributed by atoms with van der Waals surface area (Å²) in [5.74, 6) is 0.312. The number of nitrogens with one attached hydrogen (secondary N) is 1. The zero-order chi connectivity index (χ0) is 24.7. The smallest absolute Gasteiger partial charge is 0.417 e. The Morgan fingerprint density at radius 3 is 2.18 bits per heavy atom. The molecule has 0 heterocycles. The van der Waals surface area contributed by atoms with Crippen LogP contribution < -0.4 is 14.8 Å². The van der Waals surface area contributed by atoms with E-state index in [1.54, 1.807) is 24.3 Å². The van der Waals surface area contributed by atoms with Crippen LogP contribution in [0.2, 0.25) is 10.0 Å². The van der Waals surface area contributed by atoms with Crippen LogP contribution in [0.4, 0.5) is 13.2 Å². The molecule has 0 aliphatic heterocycles. The first-order chi connectivity index (χ1) is 16.1. The predicted octanol–water partition coefficient (Wildman–Crippen LogP) is 6.10. The highest BCUT2D eigenvalue weighted by atomic mass is 35.5. The minimum absolute atomic E-state index is 0.00358. The van der Waals surface area contributed by atoms with E-state index in [1.165, 1.54) is 6.07 Å². The molecule has 1 N–H and O–H groups in total. The number of ether oxygens (including phenoxy) is 2. The maximum atomic E-state index is 12.9. The highest BCUT2D eigenvalue weighted by Crippen LogP contribution is 2.36. The molecule has 184 valence electrons. The van der Waals surface area contributed by atoms with Crippen LogP contribution in [0.3, 0.4) is 0 Å². The number of carbonyl (C=O) groups is 2. The first-order valence-corrected chi connectivity index (χ1v) is 11.5. The van der Waals surface area contributed by atoms with Gasteiger partial charge in [-0.05, 0) is 74.1 Å². The van der Waals surface area contributed by atoms with Gasteiger partial charge >= 0.3 is 6.18 Å². The van der Waals surface area contributed by atoms with E-state index in [2.05, 4.69) is 5.32 Å². The summed E-state index contributed by atoms with van der Waals surface area (Å²) in [6.45, 7) is -0.407. The largest absolute Gasteiger partial charge is 0.486 e. The van der Waals surface area contributed by atoms with Crippen LogP contribution in [0.5, 0.6) is 11.5 Å². The average Bonchev–Trinajstić information content (AvgIpc) is 2.79. The zero-order valence-electron chi connectivity index (χ0n) is 18.2. The fraction of sp³-hybridized carbons (Fsp3) is 0.417. The van der Waals surface area contributed by atoms with Gasteiger partial charge in [0.05, 0.1) is 10.6 Å². The SMILES string of the molecule is O=C(COc1ccc(Cl)cc1)CC1CCC(NC(=O)COc2ccc(Cl)c(C(F)(F)F)c2)CC1. The zero-order valence-corrected chi connectivity index (χ0v) is 19.7. The predicted molar refractivity (Wildman–Crippen MR) is 122 cm³/mol. The summed E-state index contributed by atoms with van der Waals surface area (Å²) in [5, 5.41) is 3.00. The molecule has 0 spiro atoms. The van der Waals surface area contributed by atoms with Gasteiger partial charge in [-0.2, -0.15) is 13.2 Å². The minimum atomic E-state index is -4.61. The summed E-state index contributed by atoms with van der Waals surface area (Å²) >= 11 is 11.4. The molecule has 0 bridgehead atoms. The van der Waals surface area contributed by atoms with Crippen molar-refractivity contribution >= 4 is 34.9 Å². The lowest BCUT2D eigenvalue weighted by Gasteiger charge is -2.28. The van der Waals surface area contributed by atoms with Gasteiger partial charge < -0.3 is 14.8 Å². The van der Waals surface area contributed by atoms with E-state index in [0.717, 1.165) is 25.0 Å². The van der Waals surface area contributed by atoms with Gasteiger partial charge in [-0.15, -0.1) is 0 Å². The highest BCUT2D eigenvalue weighted by molar-refractivity contribution is 6.31. The number of amides is 1. The van der Waals surface area contributed by atoms with Crippen LogP contribution in [0.25, 0.3) is 0 Å². The van der Waals surface area contributed by atoms with E-state index in [0.29, 0.717) is 30.0 Å². The van der Waals surface area contributed by atoms with E-state index in [1.807, 2.05) is 0 Å². The Labute approximate surface area is 205 Å². The maximum absolute atomic E-state index is 12.9. The highest BCUT2D eigenvalue weighted by Gasteiger charge is 2.33. The molecule has 1 aliphatic rings. The van der Waals surface area contributed by atoms with Gasteiger partial charge in [-0.3, -0.25) is 9.59 Å². The molecule has 1 fully saturated rings. The number of rotatable bonds is 9. The minimum Gasteiger partial charge on any atom is -0.486 e. The lowest BCUT2D eigenvalue weighted by Crippen LogP contribution is -2.40. The van der Waals surface area contributed by atoms with Crippen LogP contribution in [0.15, 0.2) is 42.5 Å². The number of alkyl halides is 3. The first kappa shape index (κ1) is 26.2. The average molecular weight is 518 g/mol. The molecule has 34 heavy (non-hydrogen) atoms. The lowest BCUT2D eigenvalue weighted by atomic mass is 9.83. The lowest BCUT2D eigenvalue weighted by molar-refractivity contribution is -0.137. The Morgan fingerprint density at radius 1 is 0.912 bits per heavy atom. The van der Waals surface area contributed by atoms with Crippen molar-refractivity contribution in [1.82, 2.24) is 5.32 Å². The van der Waals surface area contributed by atoms with Crippen molar-refractivity contribution in [2.75, 3.05) is 13.2 Å². The quantitative estimate of drug-likeness (QED) is 0.436. The summed E-state index contributed by atoms with van der Waals surface area (Å²) in [7, 11) is 0. The van der Waals surface area contributed by atoms with E-state index >= 15 is 0 Å². The van der Waals surface area contributed by atoms with Crippen molar-refractivity contribution < 1.29 is 32.2 Å². The Kier molecular flexibility index (Phi) is 9.08. The first-order valence-electron chi connectivity index (χ1n) is 10.8. The van der Waals surface area contributed by atoms with Crippen LogP contribution in [0, 0.1) is 5.92 Å². The van der Waals surface area contributed by atoms with Gasteiger partial charge in [-0.1, -0.05) is 23.2 Å². The second-order valence-corrected chi connectivity index (χ2v) is 9.04. The summed E-state index contributed by atoms with van der Waals surface area (Å²) in [5.41, 5.74) is -1.02. The molecule has 10 heteroatoms. The van der Waals surface area contributed by atoms with Crippen molar-refractivity contribution in [3.63, 3.8) is 0 Å². The van der Waals surface area contributed by atoms with Gasteiger partial charge in [0.25, 0.3) is 5.91 Å². The third-order valence-corrected chi connectivity index (χ3v) is 6.14. The van der Waals surface area contributed by atoms with Crippen LogP contribution in [0.1, 0.15) is 37.7 Å². The fourth-order valence-electron chi connectivity index (χ4n) is 3.82. The number of ketones is 1. The van der Waals surface area contributed by atoms with Gasteiger partial charge in [0.1, 0.15) is 18.1 Å². The molecule has 0 saturated heterocycles. The number of hydrogen-bond donors (Lipinski definition) is 1. The third-order valence-electron chi connectivity index (χ3n) is 5.55. The number of carbonyl (C=O) groups excluding carboxylic acids is 2. The Morgan fingerprint density at radius 2 is 1.53 bits per heavy atom. The van der Waals surface area contributed by atoms with Crippen LogP contribution >= 0.6 is 23.2 Å². The topological polar surface area (TPSA) is 64.6 Å². The van der Waals surface area contributed by atoms with Crippen molar-refractivity contribution in [1.29, 1.82) is 0 Å². The fourth-order valence-corrected chi connectivity index (χ4v) is 4.17. The summed E-state index contributed by atoms with van der Waals surface area (Å²) in [4.78, 5) is 24.4. The number of halogens is 5. The van der Waals surface area contributed by atoms with Crippen molar-refractivity contribution in [3.8, 4) is 11.5 Å². The molecular weight excluding hydrogens is 494 g/mol. The van der Waals surface area contributed by atoms with Crippen molar-refractivity contribution in [2.24, 2.45) is 5.92 Å². The molecule has 2 aromatic carbocycles. The summed E-state index contributed by atoms with van der Waals surface area (Å²) in [6, 6.07) is 9.86. The maximum Gasteiger partial charge on any atom is 0.417 e. The summed E-state index contributed by atoms with van der Waals surface area (Å²) in [6.07, 6.45) is -1.22. The van der Waals surface area contributed by atoms with Gasteiger partial charge in [0.2, 0.25) is 0 Å². The molecule has 1 saturated carbocycles. The number of hydrogen-bond acceptors (Lipinski definition) is 4. The van der Waals surface area contributed by atoms with Gasteiger partial charge in [0, 0.05) is 17.5 Å². The molecule has 5 nitrogen and oxygen atoms in total. The van der Waals surface area contributed by atoms with E-state index in [9.17, 15) is 22.8 Å². The second kappa shape index (κ2) is 11.8. The van der Waals surface area contributed by atoms with E-state index in [-0.39, 0.29) is 30.1 Å².